The maximum absolute atomic E-state index is 5.24. The van der Waals surface area contributed by atoms with Crippen LogP contribution in [0, 0.1) is 5.92 Å². The number of ether oxygens (including phenoxy) is 1. The van der Waals surface area contributed by atoms with E-state index in [1.54, 1.807) is 13.3 Å². The van der Waals surface area contributed by atoms with E-state index < -0.39 is 0 Å². The molecule has 0 aliphatic carbocycles. The van der Waals surface area contributed by atoms with Crippen LogP contribution in [-0.2, 0) is 6.54 Å². The Bertz CT molecular complexity index is 602. The van der Waals surface area contributed by atoms with E-state index in [2.05, 4.69) is 45.1 Å². The molecule has 0 amide bonds. The van der Waals surface area contributed by atoms with Crippen molar-refractivity contribution in [1.29, 1.82) is 0 Å². The van der Waals surface area contributed by atoms with Crippen molar-refractivity contribution in [3.63, 3.8) is 0 Å². The summed E-state index contributed by atoms with van der Waals surface area (Å²) in [5.41, 5.74) is 1.96. The highest BCUT2D eigenvalue weighted by atomic mass is 79.9. The fraction of sp³-hybridized carbons (Fsp3) is 0.375. The van der Waals surface area contributed by atoms with Gasteiger partial charge >= 0.3 is 0 Å². The number of hydrogen-bond acceptors (Lipinski definition) is 4. The van der Waals surface area contributed by atoms with E-state index in [0.717, 1.165) is 40.4 Å². The Morgan fingerprint density at radius 1 is 1.29 bits per heavy atom. The highest BCUT2D eigenvalue weighted by molar-refractivity contribution is 9.10. The molecule has 0 atom stereocenters. The predicted octanol–water partition coefficient (Wildman–Crippen LogP) is 3.66. The van der Waals surface area contributed by atoms with Gasteiger partial charge in [0.15, 0.2) is 5.82 Å². The highest BCUT2D eigenvalue weighted by Crippen LogP contribution is 2.29. The molecule has 0 aliphatic heterocycles. The summed E-state index contributed by atoms with van der Waals surface area (Å²) in [7, 11) is 1.65. The number of rotatable bonds is 6. The predicted molar refractivity (Wildman–Crippen MR) is 88.3 cm³/mol. The van der Waals surface area contributed by atoms with Crippen molar-refractivity contribution in [2.45, 2.75) is 20.4 Å². The largest absolute Gasteiger partial charge is 0.496 e. The highest BCUT2D eigenvalue weighted by Gasteiger charge is 2.07. The molecule has 1 N–H and O–H groups in total. The van der Waals surface area contributed by atoms with Crippen molar-refractivity contribution in [2.75, 3.05) is 13.7 Å². The minimum Gasteiger partial charge on any atom is -0.496 e. The number of nitrogens with one attached hydrogen (secondary N) is 1. The maximum Gasteiger partial charge on any atom is 0.159 e. The lowest BCUT2D eigenvalue weighted by Crippen LogP contribution is -2.19. The van der Waals surface area contributed by atoms with Crippen molar-refractivity contribution in [2.24, 2.45) is 5.92 Å². The standard InChI is InChI=1S/C16H20BrN3O/c1-11(2)9-18-10-13-6-7-19-16(20-13)12-4-5-15(21-3)14(17)8-12/h4-8,11,18H,9-10H2,1-3H3. The fourth-order valence-corrected chi connectivity index (χ4v) is 2.47. The van der Waals surface area contributed by atoms with Gasteiger partial charge in [-0.05, 0) is 52.7 Å². The molecule has 0 saturated carbocycles. The molecule has 2 rings (SSSR count). The lowest BCUT2D eigenvalue weighted by Gasteiger charge is -2.09. The summed E-state index contributed by atoms with van der Waals surface area (Å²) in [5.74, 6) is 2.15. The molecule has 0 spiro atoms. The first-order valence-corrected chi connectivity index (χ1v) is 7.76. The molecule has 0 unspecified atom stereocenters. The number of halogens is 1. The van der Waals surface area contributed by atoms with Crippen LogP contribution in [-0.4, -0.2) is 23.6 Å². The molecule has 0 bridgehead atoms. The van der Waals surface area contributed by atoms with E-state index in [0.29, 0.717) is 5.92 Å². The molecular weight excluding hydrogens is 330 g/mol. The second-order valence-corrected chi connectivity index (χ2v) is 6.10. The molecule has 112 valence electrons. The van der Waals surface area contributed by atoms with Gasteiger partial charge in [0, 0.05) is 18.3 Å². The van der Waals surface area contributed by atoms with Gasteiger partial charge in [0.1, 0.15) is 5.75 Å². The third-order valence-electron chi connectivity index (χ3n) is 2.98. The van der Waals surface area contributed by atoms with Gasteiger partial charge < -0.3 is 10.1 Å². The first kappa shape index (κ1) is 15.9. The van der Waals surface area contributed by atoms with E-state index in [-0.39, 0.29) is 0 Å². The topological polar surface area (TPSA) is 47.0 Å². The number of methoxy groups -OCH3 is 1. The van der Waals surface area contributed by atoms with Crippen LogP contribution in [0.5, 0.6) is 5.75 Å². The van der Waals surface area contributed by atoms with Crippen molar-refractivity contribution in [1.82, 2.24) is 15.3 Å². The first-order valence-electron chi connectivity index (χ1n) is 6.96. The Morgan fingerprint density at radius 2 is 2.10 bits per heavy atom. The molecule has 0 saturated heterocycles. The second kappa shape index (κ2) is 7.52. The summed E-state index contributed by atoms with van der Waals surface area (Å²) in [5, 5.41) is 3.39. The third-order valence-corrected chi connectivity index (χ3v) is 3.60. The van der Waals surface area contributed by atoms with Gasteiger partial charge in [0.05, 0.1) is 17.3 Å². The Kier molecular flexibility index (Phi) is 5.70. The van der Waals surface area contributed by atoms with Gasteiger partial charge in [-0.15, -0.1) is 0 Å². The van der Waals surface area contributed by atoms with E-state index in [9.17, 15) is 0 Å². The van der Waals surface area contributed by atoms with Gasteiger partial charge in [-0.1, -0.05) is 13.8 Å². The number of aromatic nitrogens is 2. The average Bonchev–Trinajstić information content (AvgIpc) is 2.47. The van der Waals surface area contributed by atoms with Crippen molar-refractivity contribution >= 4 is 15.9 Å². The molecule has 1 aromatic heterocycles. The Hall–Kier alpha value is -1.46. The van der Waals surface area contributed by atoms with Crippen molar-refractivity contribution in [3.8, 4) is 17.1 Å². The lowest BCUT2D eigenvalue weighted by atomic mass is 10.2. The van der Waals surface area contributed by atoms with Crippen LogP contribution in [0.4, 0.5) is 0 Å². The van der Waals surface area contributed by atoms with Crippen LogP contribution in [0.3, 0.4) is 0 Å². The zero-order valence-electron chi connectivity index (χ0n) is 12.6. The van der Waals surface area contributed by atoms with Crippen LogP contribution in [0.25, 0.3) is 11.4 Å². The van der Waals surface area contributed by atoms with Crippen LogP contribution >= 0.6 is 15.9 Å². The summed E-state index contributed by atoms with van der Waals surface area (Å²) < 4.78 is 6.13. The number of benzene rings is 1. The summed E-state index contributed by atoms with van der Waals surface area (Å²) in [6.45, 7) is 6.11. The van der Waals surface area contributed by atoms with Gasteiger partial charge in [-0.3, -0.25) is 0 Å². The molecule has 0 aliphatic rings. The Balaban J connectivity index is 2.15. The van der Waals surface area contributed by atoms with Crippen molar-refractivity contribution in [3.05, 3.63) is 40.6 Å². The van der Waals surface area contributed by atoms with Crippen LogP contribution < -0.4 is 10.1 Å². The molecule has 1 aromatic carbocycles. The van der Waals surface area contributed by atoms with Crippen LogP contribution in [0.15, 0.2) is 34.9 Å². The molecule has 21 heavy (non-hydrogen) atoms. The van der Waals surface area contributed by atoms with Gasteiger partial charge in [-0.25, -0.2) is 9.97 Å². The van der Waals surface area contributed by atoms with Gasteiger partial charge in [-0.2, -0.15) is 0 Å². The monoisotopic (exact) mass is 349 g/mol. The molecule has 1 heterocycles. The van der Waals surface area contributed by atoms with Crippen LogP contribution in [0.2, 0.25) is 0 Å². The van der Waals surface area contributed by atoms with E-state index in [4.69, 9.17) is 4.74 Å². The second-order valence-electron chi connectivity index (χ2n) is 5.25. The zero-order valence-corrected chi connectivity index (χ0v) is 14.1. The minimum atomic E-state index is 0.629. The Labute approximate surface area is 134 Å². The van der Waals surface area contributed by atoms with Gasteiger partial charge in [0.2, 0.25) is 0 Å². The van der Waals surface area contributed by atoms with Gasteiger partial charge in [0.25, 0.3) is 0 Å². The smallest absolute Gasteiger partial charge is 0.159 e. The van der Waals surface area contributed by atoms with E-state index >= 15 is 0 Å². The first-order chi connectivity index (χ1) is 10.1. The summed E-state index contributed by atoms with van der Waals surface area (Å²) >= 11 is 3.49. The van der Waals surface area contributed by atoms with E-state index in [1.807, 2.05) is 24.3 Å². The molecule has 5 heteroatoms. The SMILES string of the molecule is COc1ccc(-c2nccc(CNCC(C)C)n2)cc1Br. The van der Waals surface area contributed by atoms with Crippen LogP contribution in [0.1, 0.15) is 19.5 Å². The average molecular weight is 350 g/mol. The fourth-order valence-electron chi connectivity index (χ4n) is 1.93. The Morgan fingerprint density at radius 3 is 2.76 bits per heavy atom. The zero-order chi connectivity index (χ0) is 15.2. The van der Waals surface area contributed by atoms with Crippen molar-refractivity contribution < 1.29 is 4.74 Å². The normalized spacial score (nSPS) is 10.9. The quantitative estimate of drug-likeness (QED) is 0.864. The summed E-state index contributed by atoms with van der Waals surface area (Å²) in [6.07, 6.45) is 1.80. The minimum absolute atomic E-state index is 0.629. The molecule has 4 nitrogen and oxygen atoms in total. The molecule has 0 fully saturated rings. The summed E-state index contributed by atoms with van der Waals surface area (Å²) in [6, 6.07) is 7.78. The molecule has 0 radical (unpaired) electrons. The maximum atomic E-state index is 5.24. The number of nitrogens with zero attached hydrogens (tertiary/aromatic N) is 2. The van der Waals surface area contributed by atoms with E-state index in [1.165, 1.54) is 0 Å². The number of hydrogen-bond donors (Lipinski definition) is 1. The summed E-state index contributed by atoms with van der Waals surface area (Å²) in [4.78, 5) is 8.95. The molecular formula is C16H20BrN3O. The molecule has 2 aromatic rings. The third kappa shape index (κ3) is 4.51. The lowest BCUT2D eigenvalue weighted by molar-refractivity contribution is 0.412.